The topological polar surface area (TPSA) is 44.2 Å². The van der Waals surface area contributed by atoms with Crippen LogP contribution in [-0.2, 0) is 9.31 Å². The third-order valence-electron chi connectivity index (χ3n) is 24.6. The second-order valence-electron chi connectivity index (χ2n) is 32.0. The largest absolute Gasteiger partial charge is 0.494 e. The van der Waals surface area contributed by atoms with Crippen molar-refractivity contribution in [3.05, 3.63) is 405 Å². The van der Waals surface area contributed by atoms with E-state index in [0.717, 1.165) is 59.1 Å². The van der Waals surface area contributed by atoms with Gasteiger partial charge in [-0.15, -0.1) is 0 Å². The van der Waals surface area contributed by atoms with Gasteiger partial charge in [0, 0.05) is 58.7 Å². The molecule has 1 saturated heterocycles. The molecule has 0 bridgehead atoms. The van der Waals surface area contributed by atoms with E-state index in [4.69, 9.17) is 19.3 Å². The molecule has 1 fully saturated rings. The molecule has 0 amide bonds. The van der Waals surface area contributed by atoms with Gasteiger partial charge in [0.15, 0.2) is 0 Å². The SMILES string of the molecule is Brc1ccc(-c2c(-c3ccccc3)c3ccccc3c3ccccc23)cc1.CC1(C)OB(c2cccc(-c3c4ccc5ccccc5c4nc4c3ccc3ccccc34)c2)OC1(C)C.c1ccc(-c2c(-c3ccc(-c4cccc(-c5c6ccc7ccccc7c6nc6c5ccc5ccccc56)c4)cc3)c3ccccc3c3ccccc23)cc1. The van der Waals surface area contributed by atoms with E-state index in [2.05, 4.69) is 444 Å². The van der Waals surface area contributed by atoms with Crippen molar-refractivity contribution in [1.82, 2.24) is 9.97 Å². The van der Waals surface area contributed by atoms with Crippen LogP contribution in [0.15, 0.2) is 405 Å². The monoisotopic (exact) mass is 1570 g/mol. The summed E-state index contributed by atoms with van der Waals surface area (Å²) >= 11 is 3.57. The van der Waals surface area contributed by atoms with Crippen molar-refractivity contribution in [2.45, 2.75) is 38.9 Å². The van der Waals surface area contributed by atoms with Gasteiger partial charge >= 0.3 is 7.12 Å². The van der Waals surface area contributed by atoms with E-state index >= 15 is 0 Å². The van der Waals surface area contributed by atoms with E-state index in [1.54, 1.807) is 0 Å². The molecule has 0 atom stereocenters. The van der Waals surface area contributed by atoms with Crippen LogP contribution in [0.5, 0.6) is 0 Å². The minimum atomic E-state index is -0.411. The lowest BCUT2D eigenvalue weighted by Crippen LogP contribution is -2.41. The summed E-state index contributed by atoms with van der Waals surface area (Å²) in [6.45, 7) is 8.38. The van der Waals surface area contributed by atoms with Crippen molar-refractivity contribution in [2.24, 2.45) is 0 Å². The number of fused-ring (bicyclic) bond motifs is 18. The lowest BCUT2D eigenvalue weighted by Gasteiger charge is -2.32. The number of pyridine rings is 2. The summed E-state index contributed by atoms with van der Waals surface area (Å²) < 4.78 is 13.9. The van der Waals surface area contributed by atoms with Crippen LogP contribution in [0.1, 0.15) is 27.7 Å². The summed E-state index contributed by atoms with van der Waals surface area (Å²) in [5, 5.41) is 24.4. The molecule has 0 N–H and O–H groups in total. The molecule has 0 saturated carbocycles. The summed E-state index contributed by atoms with van der Waals surface area (Å²) in [7, 11) is -0.411. The lowest BCUT2D eigenvalue weighted by atomic mass is 9.77. The van der Waals surface area contributed by atoms with Gasteiger partial charge < -0.3 is 9.31 Å². The first-order valence-corrected chi connectivity index (χ1v) is 41.4. The summed E-state index contributed by atoms with van der Waals surface area (Å²) in [5.41, 5.74) is 21.5. The van der Waals surface area contributed by atoms with Gasteiger partial charge in [0.05, 0.1) is 33.3 Å². The molecule has 0 unspecified atom stereocenters. The standard InChI is InChI=1S/C53H33N.C33H28BNO2.C26H17Br/c1-2-15-37(16-3-1)50-45-23-10-8-21-43(45)44-22-9-11-24-46(44)51(50)38-27-25-34(26-28-38)39-17-12-18-40(33-39)49-47-31-29-35-13-4-6-19-41(35)52(47)54-53-42-20-7-5-14-36(42)30-32-48(49)53;1-32(2)33(3,4)37-34(36-32)24-13-9-12-23(20-24)29-27-18-16-21-10-5-7-14-25(21)30(27)35-31-26-15-8-6-11-22(26)17-19-28(29)31;27-20-16-14-19(15-17-20)26-24-13-7-5-11-22(24)21-10-4-6-12-23(21)25(26)18-8-2-1-3-9-18/h1-33H;5-20H,1-4H3;1-17H. The predicted molar refractivity (Wildman–Crippen MR) is 506 cm³/mol. The molecule has 558 valence electrons. The maximum Gasteiger partial charge on any atom is 0.494 e. The molecule has 4 nitrogen and oxygen atoms in total. The molecule has 0 aliphatic carbocycles. The van der Waals surface area contributed by atoms with Crippen LogP contribution < -0.4 is 5.46 Å². The van der Waals surface area contributed by atoms with Crippen molar-refractivity contribution < 1.29 is 9.31 Å². The number of aromatic nitrogens is 2. The molecular formula is C112H78BBrN2O2. The zero-order valence-corrected chi connectivity index (χ0v) is 67.4. The highest BCUT2D eigenvalue weighted by molar-refractivity contribution is 9.10. The Labute approximate surface area is 694 Å². The Morgan fingerprint density at radius 3 is 0.822 bits per heavy atom. The van der Waals surface area contributed by atoms with E-state index in [9.17, 15) is 0 Å². The Morgan fingerprint density at radius 1 is 0.203 bits per heavy atom. The second-order valence-corrected chi connectivity index (χ2v) is 32.9. The first-order chi connectivity index (χ1) is 57.9. The average Bonchev–Trinajstić information content (AvgIpc) is 0.864. The van der Waals surface area contributed by atoms with Crippen LogP contribution in [0.2, 0.25) is 0 Å². The second kappa shape index (κ2) is 29.5. The van der Waals surface area contributed by atoms with Gasteiger partial charge in [-0.25, -0.2) is 9.97 Å². The van der Waals surface area contributed by atoms with Crippen molar-refractivity contribution in [2.75, 3.05) is 0 Å². The molecule has 23 rings (SSSR count). The maximum absolute atomic E-state index is 6.40. The van der Waals surface area contributed by atoms with E-state index in [1.807, 2.05) is 0 Å². The Balaban J connectivity index is 0.000000117. The van der Waals surface area contributed by atoms with E-state index in [1.165, 1.54) is 159 Å². The molecular weight excluding hydrogens is 1500 g/mol. The Bertz CT molecular complexity index is 7550. The van der Waals surface area contributed by atoms with Crippen LogP contribution in [0.25, 0.3) is 208 Å². The highest BCUT2D eigenvalue weighted by Gasteiger charge is 2.52. The minimum Gasteiger partial charge on any atom is -0.399 e. The van der Waals surface area contributed by atoms with Crippen molar-refractivity contribution in [1.29, 1.82) is 0 Å². The van der Waals surface area contributed by atoms with Crippen molar-refractivity contribution in [3.63, 3.8) is 0 Å². The van der Waals surface area contributed by atoms with Gasteiger partial charge in [0.2, 0.25) is 0 Å². The highest BCUT2D eigenvalue weighted by Crippen LogP contribution is 2.49. The fraction of sp³-hybridized carbons (Fsp3) is 0.0536. The van der Waals surface area contributed by atoms with Crippen molar-refractivity contribution >= 4 is 158 Å². The van der Waals surface area contributed by atoms with Crippen molar-refractivity contribution in [3.8, 4) is 77.9 Å². The third-order valence-corrected chi connectivity index (χ3v) is 25.1. The molecule has 0 spiro atoms. The zero-order valence-electron chi connectivity index (χ0n) is 65.8. The number of rotatable bonds is 8. The molecule has 6 heteroatoms. The number of hydrogen-bond acceptors (Lipinski definition) is 4. The Hall–Kier alpha value is -13.7. The molecule has 118 heavy (non-hydrogen) atoms. The van der Waals surface area contributed by atoms with Gasteiger partial charge in [-0.05, 0) is 183 Å². The summed E-state index contributed by atoms with van der Waals surface area (Å²) in [5.74, 6) is 0. The fourth-order valence-corrected chi connectivity index (χ4v) is 18.5. The van der Waals surface area contributed by atoms with Gasteiger partial charge in [-0.3, -0.25) is 0 Å². The van der Waals surface area contributed by atoms with E-state index in [-0.39, 0.29) is 11.2 Å². The Kier molecular flexibility index (Phi) is 18.0. The average molecular weight is 1570 g/mol. The quantitative estimate of drug-likeness (QED) is 0.0864. The zero-order chi connectivity index (χ0) is 79.2. The Morgan fingerprint density at radius 2 is 0.466 bits per heavy atom. The van der Waals surface area contributed by atoms with Crippen LogP contribution >= 0.6 is 15.9 Å². The number of hydrogen-bond donors (Lipinski definition) is 0. The molecule has 1 aliphatic heterocycles. The number of benzene rings is 20. The van der Waals surface area contributed by atoms with Gasteiger partial charge in [-0.1, -0.05) is 398 Å². The normalized spacial score (nSPS) is 13.2. The summed E-state index contributed by atoms with van der Waals surface area (Å²) in [6, 6.07) is 144. The van der Waals surface area contributed by atoms with Gasteiger partial charge in [-0.2, -0.15) is 0 Å². The van der Waals surface area contributed by atoms with E-state index in [0.29, 0.717) is 0 Å². The maximum atomic E-state index is 6.40. The number of nitrogens with zero attached hydrogens (tertiary/aromatic N) is 2. The smallest absolute Gasteiger partial charge is 0.399 e. The summed E-state index contributed by atoms with van der Waals surface area (Å²) in [4.78, 5) is 10.7. The first kappa shape index (κ1) is 72.0. The molecule has 1 aliphatic rings. The fourth-order valence-electron chi connectivity index (χ4n) is 18.3. The first-order valence-electron chi connectivity index (χ1n) is 40.6. The minimum absolute atomic E-state index is 0.387. The highest BCUT2D eigenvalue weighted by atomic mass is 79.9. The van der Waals surface area contributed by atoms with Crippen LogP contribution in [0.4, 0.5) is 0 Å². The summed E-state index contributed by atoms with van der Waals surface area (Å²) in [6.07, 6.45) is 0. The molecule has 0 radical (unpaired) electrons. The molecule has 2 aromatic heterocycles. The lowest BCUT2D eigenvalue weighted by molar-refractivity contribution is 0.00578. The molecule has 22 aromatic rings. The van der Waals surface area contributed by atoms with E-state index < -0.39 is 7.12 Å². The molecule has 20 aromatic carbocycles. The van der Waals surface area contributed by atoms with Crippen LogP contribution in [0, 0.1) is 0 Å². The van der Waals surface area contributed by atoms with Gasteiger partial charge in [0.25, 0.3) is 0 Å². The van der Waals surface area contributed by atoms with Crippen LogP contribution in [0.3, 0.4) is 0 Å². The predicted octanol–water partition coefficient (Wildman–Crippen LogP) is 30.4. The van der Waals surface area contributed by atoms with Gasteiger partial charge in [0.1, 0.15) is 0 Å². The third kappa shape index (κ3) is 12.5. The molecule has 3 heterocycles. The number of halogens is 1. The van der Waals surface area contributed by atoms with Crippen LogP contribution in [-0.4, -0.2) is 28.3 Å².